The second-order valence-electron chi connectivity index (χ2n) is 5.49. The van der Waals surface area contributed by atoms with E-state index in [1.165, 1.54) is 15.5 Å². The van der Waals surface area contributed by atoms with Gasteiger partial charge in [0.05, 0.1) is 12.8 Å². The molecule has 3 rings (SSSR count). The topological polar surface area (TPSA) is 24.5 Å². The van der Waals surface area contributed by atoms with Gasteiger partial charge in [-0.15, -0.1) is 0 Å². The third-order valence-corrected chi connectivity index (χ3v) is 5.04. The van der Waals surface area contributed by atoms with Crippen molar-refractivity contribution in [1.82, 2.24) is 5.32 Å². The molecule has 0 bridgehead atoms. The molecule has 0 aliphatic carbocycles. The van der Waals surface area contributed by atoms with Crippen LogP contribution in [0.3, 0.4) is 0 Å². The Morgan fingerprint density at radius 1 is 1.14 bits per heavy atom. The minimum Gasteiger partial charge on any atom is -0.497 e. The molecule has 116 valence electrons. The van der Waals surface area contributed by atoms with E-state index < -0.39 is 0 Å². The van der Waals surface area contributed by atoms with Crippen LogP contribution < -0.4 is 15.0 Å². The fourth-order valence-corrected chi connectivity index (χ4v) is 3.71. The summed E-state index contributed by atoms with van der Waals surface area (Å²) >= 11 is 1.81. The van der Waals surface area contributed by atoms with Gasteiger partial charge in [-0.05, 0) is 43.3 Å². The summed E-state index contributed by atoms with van der Waals surface area (Å²) in [5, 5.41) is 3.45. The van der Waals surface area contributed by atoms with Crippen LogP contribution in [0, 0.1) is 0 Å². The van der Waals surface area contributed by atoms with Crippen molar-refractivity contribution < 1.29 is 4.74 Å². The van der Waals surface area contributed by atoms with E-state index >= 15 is 0 Å². The van der Waals surface area contributed by atoms with Crippen molar-refractivity contribution in [3.05, 3.63) is 48.5 Å². The smallest absolute Gasteiger partial charge is 0.118 e. The second kappa shape index (κ2) is 7.07. The molecule has 1 saturated heterocycles. The summed E-state index contributed by atoms with van der Waals surface area (Å²) in [4.78, 5) is 5.04. The molecule has 4 heteroatoms. The molecule has 1 aliphatic rings. The molecule has 2 aromatic rings. The lowest BCUT2D eigenvalue weighted by Crippen LogP contribution is -2.50. The van der Waals surface area contributed by atoms with E-state index in [2.05, 4.69) is 53.5 Å². The van der Waals surface area contributed by atoms with Gasteiger partial charge in [0.2, 0.25) is 0 Å². The van der Waals surface area contributed by atoms with Crippen LogP contribution in [0.1, 0.15) is 6.92 Å². The quantitative estimate of drug-likeness (QED) is 0.931. The number of methoxy groups -OCH3 is 1. The first-order valence-electron chi connectivity index (χ1n) is 7.66. The highest BCUT2D eigenvalue weighted by atomic mass is 32.2. The van der Waals surface area contributed by atoms with Gasteiger partial charge < -0.3 is 15.0 Å². The SMILES string of the molecule is COc1ccc(Sc2ccccc2N2CCNCC2C)cc1. The molecular weight excluding hydrogens is 292 g/mol. The Kier molecular flexibility index (Phi) is 4.90. The Morgan fingerprint density at radius 2 is 1.91 bits per heavy atom. The summed E-state index contributed by atoms with van der Waals surface area (Å²) in [5.74, 6) is 0.897. The number of para-hydroxylation sites is 1. The molecule has 1 heterocycles. The number of hydrogen-bond acceptors (Lipinski definition) is 4. The van der Waals surface area contributed by atoms with Crippen molar-refractivity contribution in [3.8, 4) is 5.75 Å². The average Bonchev–Trinajstić information content (AvgIpc) is 2.57. The van der Waals surface area contributed by atoms with Crippen LogP contribution in [0.2, 0.25) is 0 Å². The predicted molar refractivity (Wildman–Crippen MR) is 93.2 cm³/mol. The van der Waals surface area contributed by atoms with Gasteiger partial charge in [-0.25, -0.2) is 0 Å². The molecular formula is C18H22N2OS. The van der Waals surface area contributed by atoms with Crippen LogP contribution in [0.25, 0.3) is 0 Å². The molecule has 0 aromatic heterocycles. The number of benzene rings is 2. The molecule has 1 aliphatic heterocycles. The van der Waals surface area contributed by atoms with E-state index in [1.807, 2.05) is 23.9 Å². The van der Waals surface area contributed by atoms with Gasteiger partial charge in [-0.2, -0.15) is 0 Å². The Balaban J connectivity index is 1.84. The van der Waals surface area contributed by atoms with E-state index in [-0.39, 0.29) is 0 Å². The van der Waals surface area contributed by atoms with Crippen LogP contribution in [-0.2, 0) is 0 Å². The molecule has 22 heavy (non-hydrogen) atoms. The number of anilines is 1. The molecule has 0 spiro atoms. The molecule has 1 atom stereocenters. The molecule has 1 fully saturated rings. The van der Waals surface area contributed by atoms with Gasteiger partial charge in [-0.3, -0.25) is 0 Å². The molecule has 0 radical (unpaired) electrons. The number of nitrogens with zero attached hydrogens (tertiary/aromatic N) is 1. The van der Waals surface area contributed by atoms with Gasteiger partial charge in [0.1, 0.15) is 5.75 Å². The number of rotatable bonds is 4. The van der Waals surface area contributed by atoms with Crippen LogP contribution >= 0.6 is 11.8 Å². The maximum atomic E-state index is 5.23. The highest BCUT2D eigenvalue weighted by Crippen LogP contribution is 2.36. The zero-order chi connectivity index (χ0) is 15.4. The maximum absolute atomic E-state index is 5.23. The molecule has 1 N–H and O–H groups in total. The highest BCUT2D eigenvalue weighted by molar-refractivity contribution is 7.99. The standard InChI is InChI=1S/C18H22N2OS/c1-14-13-19-11-12-20(14)17-5-3-4-6-18(17)22-16-9-7-15(21-2)8-10-16/h3-10,14,19H,11-13H2,1-2H3. The summed E-state index contributed by atoms with van der Waals surface area (Å²) in [6.07, 6.45) is 0. The summed E-state index contributed by atoms with van der Waals surface area (Å²) in [7, 11) is 1.70. The van der Waals surface area contributed by atoms with Crippen molar-refractivity contribution >= 4 is 17.4 Å². The van der Waals surface area contributed by atoms with Gasteiger partial charge in [0.15, 0.2) is 0 Å². The monoisotopic (exact) mass is 314 g/mol. The summed E-state index contributed by atoms with van der Waals surface area (Å²) in [6.45, 7) is 5.43. The zero-order valence-electron chi connectivity index (χ0n) is 13.1. The highest BCUT2D eigenvalue weighted by Gasteiger charge is 2.20. The largest absolute Gasteiger partial charge is 0.497 e. The third kappa shape index (κ3) is 3.39. The Hall–Kier alpha value is -1.65. The first-order valence-corrected chi connectivity index (χ1v) is 8.48. The average molecular weight is 314 g/mol. The number of ether oxygens (including phenoxy) is 1. The molecule has 0 amide bonds. The van der Waals surface area contributed by atoms with Crippen LogP contribution in [0.4, 0.5) is 5.69 Å². The lowest BCUT2D eigenvalue weighted by molar-refractivity contribution is 0.414. The Labute approximate surface area is 136 Å². The molecule has 0 saturated carbocycles. The minimum atomic E-state index is 0.520. The normalized spacial score (nSPS) is 18.3. The number of piperazine rings is 1. The minimum absolute atomic E-state index is 0.520. The number of hydrogen-bond donors (Lipinski definition) is 1. The summed E-state index contributed by atoms with van der Waals surface area (Å²) < 4.78 is 5.23. The molecule has 1 unspecified atom stereocenters. The van der Waals surface area contributed by atoms with Crippen LogP contribution in [0.5, 0.6) is 5.75 Å². The Morgan fingerprint density at radius 3 is 2.64 bits per heavy atom. The van der Waals surface area contributed by atoms with Crippen LogP contribution in [-0.4, -0.2) is 32.8 Å². The lowest BCUT2D eigenvalue weighted by atomic mass is 10.2. The van der Waals surface area contributed by atoms with Crippen molar-refractivity contribution in [3.63, 3.8) is 0 Å². The third-order valence-electron chi connectivity index (χ3n) is 3.96. The van der Waals surface area contributed by atoms with Crippen LogP contribution in [0.15, 0.2) is 58.3 Å². The van der Waals surface area contributed by atoms with Gasteiger partial charge in [0, 0.05) is 35.5 Å². The summed E-state index contributed by atoms with van der Waals surface area (Å²) in [6, 6.07) is 17.4. The van der Waals surface area contributed by atoms with Gasteiger partial charge >= 0.3 is 0 Å². The van der Waals surface area contributed by atoms with Crippen molar-refractivity contribution in [2.24, 2.45) is 0 Å². The van der Waals surface area contributed by atoms with E-state index in [0.29, 0.717) is 6.04 Å². The van der Waals surface area contributed by atoms with Crippen molar-refractivity contribution in [2.75, 3.05) is 31.6 Å². The first-order chi connectivity index (χ1) is 10.8. The number of nitrogens with one attached hydrogen (secondary N) is 1. The van der Waals surface area contributed by atoms with E-state index in [4.69, 9.17) is 4.74 Å². The van der Waals surface area contributed by atoms with Crippen molar-refractivity contribution in [2.45, 2.75) is 22.8 Å². The Bertz CT molecular complexity index is 615. The molecule has 2 aromatic carbocycles. The fraction of sp³-hybridized carbons (Fsp3) is 0.333. The zero-order valence-corrected chi connectivity index (χ0v) is 13.9. The maximum Gasteiger partial charge on any atom is 0.118 e. The fourth-order valence-electron chi connectivity index (χ4n) is 2.75. The van der Waals surface area contributed by atoms with Gasteiger partial charge in [-0.1, -0.05) is 23.9 Å². The second-order valence-corrected chi connectivity index (χ2v) is 6.61. The lowest BCUT2D eigenvalue weighted by Gasteiger charge is -2.37. The summed E-state index contributed by atoms with van der Waals surface area (Å²) in [5.41, 5.74) is 1.33. The van der Waals surface area contributed by atoms with Crippen molar-refractivity contribution in [1.29, 1.82) is 0 Å². The van der Waals surface area contributed by atoms with E-state index in [0.717, 1.165) is 25.4 Å². The molecule has 3 nitrogen and oxygen atoms in total. The van der Waals surface area contributed by atoms with Gasteiger partial charge in [0.25, 0.3) is 0 Å². The van der Waals surface area contributed by atoms with E-state index in [9.17, 15) is 0 Å². The van der Waals surface area contributed by atoms with E-state index in [1.54, 1.807) is 7.11 Å². The predicted octanol–water partition coefficient (Wildman–Crippen LogP) is 3.64. The first kappa shape index (κ1) is 15.3.